The second kappa shape index (κ2) is 17.0. The summed E-state index contributed by atoms with van der Waals surface area (Å²) in [6, 6.07) is 0. The van der Waals surface area contributed by atoms with Gasteiger partial charge in [-0.3, -0.25) is 0 Å². The molecular weight excluding hydrogens is 389 g/mol. The van der Waals surface area contributed by atoms with Gasteiger partial charge in [-0.2, -0.15) is 0 Å². The molecule has 0 aliphatic heterocycles. The molecule has 0 amide bonds. The van der Waals surface area contributed by atoms with E-state index in [0.29, 0.717) is 0 Å². The maximum atomic E-state index is 0. The molecule has 0 spiro atoms. The van der Waals surface area contributed by atoms with E-state index >= 15 is 0 Å². The molecule has 0 N–H and O–H groups in total. The van der Waals surface area contributed by atoms with Crippen LogP contribution < -0.4 is 0 Å². The van der Waals surface area contributed by atoms with Crippen LogP contribution in [-0.4, -0.2) is 45.1 Å². The van der Waals surface area contributed by atoms with Crippen molar-refractivity contribution in [1.82, 2.24) is 0 Å². The zero-order valence-corrected chi connectivity index (χ0v) is 11.7. The van der Waals surface area contributed by atoms with Crippen LogP contribution in [0.1, 0.15) is 0 Å². The first kappa shape index (κ1) is 28.9. The van der Waals surface area contributed by atoms with Gasteiger partial charge in [-0.15, -0.1) is 0 Å². The molecule has 0 aromatic carbocycles. The van der Waals surface area contributed by atoms with E-state index in [4.69, 9.17) is 0 Å². The molecular formula is H4AgBiLiZn. The fourth-order valence-corrected chi connectivity index (χ4v) is 0. The molecule has 0 fully saturated rings. The van der Waals surface area contributed by atoms with Gasteiger partial charge >= 0.3 is 45.1 Å². The fraction of sp³-hybridized carbons (Fsp3) is 0. The third-order valence-electron chi connectivity index (χ3n) is 0. The minimum absolute atomic E-state index is 0. The summed E-state index contributed by atoms with van der Waals surface area (Å²) in [4.78, 5) is 0. The van der Waals surface area contributed by atoms with Gasteiger partial charge in [0.1, 0.15) is 0 Å². The van der Waals surface area contributed by atoms with Crippen LogP contribution in [0.25, 0.3) is 0 Å². The standard InChI is InChI=1S/Ag.Bi.Li.Zn.4H. The summed E-state index contributed by atoms with van der Waals surface area (Å²) in [5.74, 6) is 0. The van der Waals surface area contributed by atoms with Crippen molar-refractivity contribution in [2.75, 3.05) is 0 Å². The summed E-state index contributed by atoms with van der Waals surface area (Å²) in [7, 11) is 0. The smallest absolute Gasteiger partial charge is 0 e. The summed E-state index contributed by atoms with van der Waals surface area (Å²) in [5.41, 5.74) is 0. The Kier molecular flexibility index (Phi) is 122. The molecule has 0 saturated heterocycles. The molecule has 0 bridgehead atoms. The van der Waals surface area contributed by atoms with E-state index in [-0.39, 0.29) is 86.9 Å². The molecule has 0 aliphatic carbocycles. The van der Waals surface area contributed by atoms with Crippen LogP contribution in [0.15, 0.2) is 0 Å². The Morgan fingerprint density at radius 1 is 1.00 bits per heavy atom. The second-order valence-corrected chi connectivity index (χ2v) is 0. The molecule has 0 aromatic rings. The zero-order valence-electron chi connectivity index (χ0n) is 1.72. The van der Waals surface area contributed by atoms with E-state index in [0.717, 1.165) is 0 Å². The van der Waals surface area contributed by atoms with Crippen LogP contribution in [0.3, 0.4) is 0 Å². The summed E-state index contributed by atoms with van der Waals surface area (Å²) in [5, 5.41) is 0. The van der Waals surface area contributed by atoms with Crippen molar-refractivity contribution in [3.63, 3.8) is 0 Å². The average Bonchev–Trinajstić information content (AvgIpc) is 0. The van der Waals surface area contributed by atoms with Crippen molar-refractivity contribution in [3.05, 3.63) is 0 Å². The van der Waals surface area contributed by atoms with E-state index in [9.17, 15) is 0 Å². The summed E-state index contributed by atoms with van der Waals surface area (Å²) in [6.45, 7) is 0. The topological polar surface area (TPSA) is 0 Å². The largest absolute Gasteiger partial charge is 0 e. The second-order valence-electron chi connectivity index (χ2n) is 0. The van der Waals surface area contributed by atoms with Gasteiger partial charge in [-0.25, -0.2) is 0 Å². The van der Waals surface area contributed by atoms with Gasteiger partial charge in [0.15, 0.2) is 0 Å². The molecule has 0 aromatic heterocycles. The average molecular weight is 393 g/mol. The van der Waals surface area contributed by atoms with Crippen molar-refractivity contribution >= 4 is 45.1 Å². The summed E-state index contributed by atoms with van der Waals surface area (Å²) < 4.78 is 0. The molecule has 0 saturated carbocycles. The number of hydrogen-bond donors (Lipinski definition) is 0. The monoisotopic (exact) mass is 391 g/mol. The third kappa shape index (κ3) is 8.85. The number of hydrogen-bond acceptors (Lipinski definition) is 0. The van der Waals surface area contributed by atoms with Crippen LogP contribution in [-0.2, 0) is 41.9 Å². The summed E-state index contributed by atoms with van der Waals surface area (Å²) in [6.07, 6.45) is 0. The Hall–Kier alpha value is 2.84. The van der Waals surface area contributed by atoms with Gasteiger partial charge in [0.2, 0.25) is 0 Å². The van der Waals surface area contributed by atoms with Crippen molar-refractivity contribution in [1.29, 1.82) is 0 Å². The molecule has 4 heavy (non-hydrogen) atoms. The van der Waals surface area contributed by atoms with Crippen molar-refractivity contribution in [2.24, 2.45) is 0 Å². The van der Waals surface area contributed by atoms with Gasteiger partial charge in [0, 0.05) is 41.9 Å². The molecule has 0 atom stereocenters. The molecule has 0 rings (SSSR count). The van der Waals surface area contributed by atoms with Crippen LogP contribution in [0, 0.1) is 0 Å². The van der Waals surface area contributed by atoms with Crippen molar-refractivity contribution < 1.29 is 41.9 Å². The maximum Gasteiger partial charge on any atom is 0 e. The minimum atomic E-state index is 0. The van der Waals surface area contributed by atoms with Crippen molar-refractivity contribution in [2.45, 2.75) is 0 Å². The van der Waals surface area contributed by atoms with E-state index in [1.807, 2.05) is 0 Å². The molecule has 23 valence electrons. The summed E-state index contributed by atoms with van der Waals surface area (Å²) >= 11 is 0. The van der Waals surface area contributed by atoms with E-state index in [2.05, 4.69) is 0 Å². The molecule has 0 aliphatic rings. The zero-order chi connectivity index (χ0) is 0. The van der Waals surface area contributed by atoms with Crippen LogP contribution in [0.4, 0.5) is 0 Å². The number of rotatable bonds is 0. The first-order valence-corrected chi connectivity index (χ1v) is 0. The Bertz CT molecular complexity index is 8.00. The first-order valence-electron chi connectivity index (χ1n) is 0. The van der Waals surface area contributed by atoms with E-state index < -0.39 is 0 Å². The molecule has 4 heteroatoms. The SMILES string of the molecule is [Ag].[BiH3].[LiH].[Zn]. The van der Waals surface area contributed by atoms with Crippen LogP contribution in [0.2, 0.25) is 0 Å². The quantitative estimate of drug-likeness (QED) is 0.425. The maximum absolute atomic E-state index is 0. The van der Waals surface area contributed by atoms with Crippen LogP contribution in [0.5, 0.6) is 0 Å². The van der Waals surface area contributed by atoms with E-state index in [1.165, 1.54) is 0 Å². The molecule has 0 unspecified atom stereocenters. The molecule has 0 nitrogen and oxygen atoms in total. The molecule has 0 heterocycles. The first-order chi connectivity index (χ1) is 0. The Balaban J connectivity index is 0. The van der Waals surface area contributed by atoms with Crippen molar-refractivity contribution in [3.8, 4) is 0 Å². The van der Waals surface area contributed by atoms with E-state index in [1.54, 1.807) is 0 Å². The van der Waals surface area contributed by atoms with Gasteiger partial charge in [-0.05, 0) is 0 Å². The van der Waals surface area contributed by atoms with Gasteiger partial charge < -0.3 is 0 Å². The van der Waals surface area contributed by atoms with Gasteiger partial charge in [-0.1, -0.05) is 0 Å². The molecule has 1 radical (unpaired) electrons. The third-order valence-corrected chi connectivity index (χ3v) is 0. The van der Waals surface area contributed by atoms with Gasteiger partial charge in [0.05, 0.1) is 0 Å². The Morgan fingerprint density at radius 2 is 1.00 bits per heavy atom. The Morgan fingerprint density at radius 3 is 1.00 bits per heavy atom. The normalized spacial score (nSPS) is 0. The fourth-order valence-electron chi connectivity index (χ4n) is 0. The van der Waals surface area contributed by atoms with Gasteiger partial charge in [0.25, 0.3) is 0 Å². The predicted octanol–water partition coefficient (Wildman–Crippen LogP) is -1.84. The predicted molar refractivity (Wildman–Crippen MR) is 17.1 cm³/mol. The van der Waals surface area contributed by atoms with Crippen LogP contribution >= 0.6 is 0 Å². The Labute approximate surface area is 85.4 Å². The minimum Gasteiger partial charge on any atom is 0 e.